The van der Waals surface area contributed by atoms with Crippen LogP contribution in [0.4, 0.5) is 0 Å². The largest absolute Gasteiger partial charge is 0.463 e. The Morgan fingerprint density at radius 2 is 2.33 bits per heavy atom. The van der Waals surface area contributed by atoms with E-state index in [0.717, 1.165) is 11.8 Å². The summed E-state index contributed by atoms with van der Waals surface area (Å²) in [7, 11) is 0. The number of rotatable bonds is 3. The van der Waals surface area contributed by atoms with Crippen molar-refractivity contribution in [3.05, 3.63) is 0 Å². The summed E-state index contributed by atoms with van der Waals surface area (Å²) in [5.41, 5.74) is 0. The van der Waals surface area contributed by atoms with Crippen LogP contribution in [0.2, 0.25) is 0 Å². The average Bonchev–Trinajstić information content (AvgIpc) is 1.63. The third-order valence-electron chi connectivity index (χ3n) is 0.883. The van der Waals surface area contributed by atoms with Gasteiger partial charge < -0.3 is 4.74 Å². The molecule has 0 rings (SSSR count). The van der Waals surface area contributed by atoms with Gasteiger partial charge in [-0.15, -0.1) is 0 Å². The molecule has 0 aromatic carbocycles. The van der Waals surface area contributed by atoms with E-state index in [9.17, 15) is 4.79 Å². The Morgan fingerprint density at radius 3 is 2.67 bits per heavy atom. The van der Waals surface area contributed by atoms with Crippen molar-refractivity contribution in [1.29, 1.82) is 0 Å². The monoisotopic (exact) mass is 194 g/mol. The van der Waals surface area contributed by atoms with Crippen LogP contribution in [-0.2, 0) is 9.53 Å². The number of ether oxygens (including phenoxy) is 1. The summed E-state index contributed by atoms with van der Waals surface area (Å²) in [6, 6.07) is 0. The normalized spacial score (nSPS) is 12.8. The van der Waals surface area contributed by atoms with Gasteiger partial charge in [0.05, 0.1) is 6.10 Å². The lowest BCUT2D eigenvalue weighted by Crippen LogP contribution is -2.12. The standard InChI is InChI=1S/C6H11BrO2/c1-5(3-4-7)9-6(2)8/h5H,3-4H2,1-2H3. The van der Waals surface area contributed by atoms with Crippen LogP contribution in [0.3, 0.4) is 0 Å². The van der Waals surface area contributed by atoms with Crippen LogP contribution in [0.25, 0.3) is 0 Å². The van der Waals surface area contributed by atoms with Gasteiger partial charge in [0.25, 0.3) is 0 Å². The molecule has 0 saturated heterocycles. The van der Waals surface area contributed by atoms with E-state index in [1.807, 2.05) is 6.92 Å². The summed E-state index contributed by atoms with van der Waals surface area (Å²) in [6.07, 6.45) is 0.918. The highest BCUT2D eigenvalue weighted by Crippen LogP contribution is 1.99. The van der Waals surface area contributed by atoms with E-state index in [2.05, 4.69) is 15.9 Å². The predicted molar refractivity (Wildman–Crippen MR) is 39.6 cm³/mol. The Balaban J connectivity index is 3.26. The highest BCUT2D eigenvalue weighted by molar-refractivity contribution is 9.09. The Bertz CT molecular complexity index is 93.1. The number of hydrogen-bond donors (Lipinski definition) is 0. The minimum atomic E-state index is -0.205. The Labute approximate surface area is 63.7 Å². The molecule has 0 N–H and O–H groups in total. The summed E-state index contributed by atoms with van der Waals surface area (Å²) >= 11 is 3.25. The molecular weight excluding hydrogens is 184 g/mol. The van der Waals surface area contributed by atoms with Gasteiger partial charge in [-0.1, -0.05) is 15.9 Å². The minimum absolute atomic E-state index is 0.0434. The molecule has 0 aliphatic heterocycles. The summed E-state index contributed by atoms with van der Waals surface area (Å²) in [5, 5.41) is 0.876. The van der Waals surface area contributed by atoms with E-state index >= 15 is 0 Å². The van der Waals surface area contributed by atoms with E-state index in [4.69, 9.17) is 4.74 Å². The second-order valence-electron chi connectivity index (χ2n) is 1.90. The fraction of sp³-hybridized carbons (Fsp3) is 0.833. The molecule has 0 spiro atoms. The zero-order valence-corrected chi connectivity index (χ0v) is 7.27. The van der Waals surface area contributed by atoms with Gasteiger partial charge >= 0.3 is 5.97 Å². The number of esters is 1. The Morgan fingerprint density at radius 1 is 1.78 bits per heavy atom. The molecule has 0 heterocycles. The number of carbonyl (C=O) groups is 1. The molecule has 0 aromatic heterocycles. The molecule has 0 radical (unpaired) electrons. The first-order chi connectivity index (χ1) is 4.16. The van der Waals surface area contributed by atoms with Crippen molar-refractivity contribution in [1.82, 2.24) is 0 Å². The molecule has 0 aliphatic rings. The summed E-state index contributed by atoms with van der Waals surface area (Å²) < 4.78 is 4.82. The summed E-state index contributed by atoms with van der Waals surface area (Å²) in [6.45, 7) is 3.30. The van der Waals surface area contributed by atoms with Crippen LogP contribution >= 0.6 is 15.9 Å². The first-order valence-corrected chi connectivity index (χ1v) is 4.02. The molecule has 1 atom stereocenters. The van der Waals surface area contributed by atoms with Crippen molar-refractivity contribution in [2.75, 3.05) is 5.33 Å². The topological polar surface area (TPSA) is 26.3 Å². The van der Waals surface area contributed by atoms with Crippen LogP contribution in [0.1, 0.15) is 20.3 Å². The molecule has 0 aromatic rings. The van der Waals surface area contributed by atoms with Crippen LogP contribution in [0.15, 0.2) is 0 Å². The summed E-state index contributed by atoms with van der Waals surface area (Å²) in [4.78, 5) is 10.3. The van der Waals surface area contributed by atoms with Crippen molar-refractivity contribution in [2.24, 2.45) is 0 Å². The maximum Gasteiger partial charge on any atom is 0.302 e. The Kier molecular flexibility index (Phi) is 4.77. The van der Waals surface area contributed by atoms with Crippen LogP contribution in [0, 0.1) is 0 Å². The maximum atomic E-state index is 10.3. The van der Waals surface area contributed by atoms with Gasteiger partial charge in [0, 0.05) is 12.3 Å². The van der Waals surface area contributed by atoms with E-state index in [0.29, 0.717) is 0 Å². The second-order valence-corrected chi connectivity index (χ2v) is 2.69. The molecule has 0 fully saturated rings. The number of hydrogen-bond acceptors (Lipinski definition) is 2. The number of halogens is 1. The van der Waals surface area contributed by atoms with E-state index < -0.39 is 0 Å². The lowest BCUT2D eigenvalue weighted by atomic mass is 10.3. The smallest absolute Gasteiger partial charge is 0.302 e. The van der Waals surface area contributed by atoms with Gasteiger partial charge in [-0.25, -0.2) is 0 Å². The van der Waals surface area contributed by atoms with E-state index in [-0.39, 0.29) is 12.1 Å². The lowest BCUT2D eigenvalue weighted by Gasteiger charge is -2.08. The van der Waals surface area contributed by atoms with E-state index in [1.165, 1.54) is 6.92 Å². The first kappa shape index (κ1) is 8.95. The van der Waals surface area contributed by atoms with Crippen LogP contribution < -0.4 is 0 Å². The molecular formula is C6H11BrO2. The van der Waals surface area contributed by atoms with Gasteiger partial charge in [0.15, 0.2) is 0 Å². The molecule has 3 heteroatoms. The first-order valence-electron chi connectivity index (χ1n) is 2.90. The fourth-order valence-electron chi connectivity index (χ4n) is 0.496. The van der Waals surface area contributed by atoms with Gasteiger partial charge in [-0.2, -0.15) is 0 Å². The van der Waals surface area contributed by atoms with Crippen molar-refractivity contribution >= 4 is 21.9 Å². The molecule has 0 amide bonds. The molecule has 0 bridgehead atoms. The van der Waals surface area contributed by atoms with Crippen molar-refractivity contribution < 1.29 is 9.53 Å². The highest BCUT2D eigenvalue weighted by Gasteiger charge is 2.02. The minimum Gasteiger partial charge on any atom is -0.463 e. The van der Waals surface area contributed by atoms with Crippen LogP contribution in [0.5, 0.6) is 0 Å². The average molecular weight is 195 g/mol. The molecule has 0 saturated carbocycles. The van der Waals surface area contributed by atoms with Gasteiger partial charge in [0.2, 0.25) is 0 Å². The zero-order valence-electron chi connectivity index (χ0n) is 5.69. The number of alkyl halides is 1. The number of carbonyl (C=O) groups excluding carboxylic acids is 1. The van der Waals surface area contributed by atoms with Gasteiger partial charge in [-0.3, -0.25) is 4.79 Å². The Hall–Kier alpha value is -0.0500. The molecule has 1 unspecified atom stereocenters. The SMILES string of the molecule is CC(=O)OC(C)CCBr. The quantitative estimate of drug-likeness (QED) is 0.506. The molecule has 0 aliphatic carbocycles. The second kappa shape index (κ2) is 4.79. The molecule has 54 valence electrons. The predicted octanol–water partition coefficient (Wildman–Crippen LogP) is 1.72. The zero-order chi connectivity index (χ0) is 7.28. The molecule has 2 nitrogen and oxygen atoms in total. The third kappa shape index (κ3) is 5.83. The van der Waals surface area contributed by atoms with E-state index in [1.54, 1.807) is 0 Å². The van der Waals surface area contributed by atoms with Crippen LogP contribution in [-0.4, -0.2) is 17.4 Å². The third-order valence-corrected chi connectivity index (χ3v) is 1.34. The van der Waals surface area contributed by atoms with Gasteiger partial charge in [0.1, 0.15) is 0 Å². The highest BCUT2D eigenvalue weighted by atomic mass is 79.9. The molecule has 9 heavy (non-hydrogen) atoms. The fourth-order valence-corrected chi connectivity index (χ4v) is 1.14. The summed E-state index contributed by atoms with van der Waals surface area (Å²) in [5.74, 6) is -0.205. The lowest BCUT2D eigenvalue weighted by molar-refractivity contribution is -0.145. The van der Waals surface area contributed by atoms with Crippen molar-refractivity contribution in [3.63, 3.8) is 0 Å². The van der Waals surface area contributed by atoms with Crippen molar-refractivity contribution in [2.45, 2.75) is 26.4 Å². The van der Waals surface area contributed by atoms with Crippen molar-refractivity contribution in [3.8, 4) is 0 Å². The van der Waals surface area contributed by atoms with Gasteiger partial charge in [-0.05, 0) is 13.3 Å². The maximum absolute atomic E-state index is 10.3.